The summed E-state index contributed by atoms with van der Waals surface area (Å²) in [7, 11) is 0. The van der Waals surface area contributed by atoms with E-state index in [-0.39, 0.29) is 17.0 Å². The molecule has 9 heteroatoms. The van der Waals surface area contributed by atoms with Crippen LogP contribution < -0.4 is 9.04 Å². The standard InChI is InChI=1S/C17H23NO7S/c1-17(2,3)25-15(19)9-18(26(22)23)13-8-12(16(20)21)6-7-14(13)24-10-11-4-5-11/h6-8,11H,4-5,9-10H2,1-3H3,(H,20,21)(H,22,23)/p-1. The van der Waals surface area contributed by atoms with Gasteiger partial charge >= 0.3 is 11.9 Å². The van der Waals surface area contributed by atoms with Crippen LogP contribution >= 0.6 is 0 Å². The van der Waals surface area contributed by atoms with Crippen molar-refractivity contribution in [3.8, 4) is 5.75 Å². The van der Waals surface area contributed by atoms with Crippen LogP contribution in [0, 0.1) is 5.92 Å². The second kappa shape index (κ2) is 8.05. The fourth-order valence-corrected chi connectivity index (χ4v) is 2.68. The molecule has 0 spiro atoms. The molecular weight excluding hydrogens is 362 g/mol. The van der Waals surface area contributed by atoms with E-state index < -0.39 is 35.4 Å². The van der Waals surface area contributed by atoms with Crippen molar-refractivity contribution in [2.24, 2.45) is 5.92 Å². The Kier molecular flexibility index (Phi) is 6.25. The third-order valence-electron chi connectivity index (χ3n) is 3.52. The van der Waals surface area contributed by atoms with Gasteiger partial charge in [-0.3, -0.25) is 13.3 Å². The predicted octanol–water partition coefficient (Wildman–Crippen LogP) is 2.12. The molecule has 1 saturated carbocycles. The lowest BCUT2D eigenvalue weighted by molar-refractivity contribution is -0.152. The van der Waals surface area contributed by atoms with Gasteiger partial charge < -0.3 is 19.1 Å². The molecule has 0 aliphatic heterocycles. The van der Waals surface area contributed by atoms with Crippen LogP contribution in [0.15, 0.2) is 18.2 Å². The Labute approximate surface area is 154 Å². The first-order valence-corrected chi connectivity index (χ1v) is 9.19. The smallest absolute Gasteiger partial charge is 0.335 e. The second-order valence-electron chi connectivity index (χ2n) is 7.08. The minimum Gasteiger partial charge on any atom is -0.755 e. The summed E-state index contributed by atoms with van der Waals surface area (Å²) in [6, 6.07) is 3.90. The number of benzene rings is 1. The van der Waals surface area contributed by atoms with Crippen molar-refractivity contribution in [2.75, 3.05) is 17.5 Å². The Balaban J connectivity index is 2.30. The van der Waals surface area contributed by atoms with Gasteiger partial charge in [-0.1, -0.05) is 0 Å². The van der Waals surface area contributed by atoms with E-state index in [2.05, 4.69) is 0 Å². The van der Waals surface area contributed by atoms with Crippen molar-refractivity contribution in [2.45, 2.75) is 39.2 Å². The molecule has 2 rings (SSSR count). The molecule has 0 amide bonds. The summed E-state index contributed by atoms with van der Waals surface area (Å²) in [5.74, 6) is -1.35. The van der Waals surface area contributed by atoms with E-state index in [0.717, 1.165) is 17.1 Å². The maximum atomic E-state index is 12.1. The molecule has 26 heavy (non-hydrogen) atoms. The normalized spacial score (nSPS) is 15.2. The van der Waals surface area contributed by atoms with Crippen molar-refractivity contribution >= 4 is 28.9 Å². The molecule has 8 nitrogen and oxygen atoms in total. The Morgan fingerprint density at radius 2 is 2.00 bits per heavy atom. The molecule has 1 unspecified atom stereocenters. The number of nitrogens with zero attached hydrogens (tertiary/aromatic N) is 1. The molecule has 0 heterocycles. The molecule has 1 aromatic rings. The number of aromatic carboxylic acids is 1. The molecule has 0 aromatic heterocycles. The average Bonchev–Trinajstić information content (AvgIpc) is 3.32. The van der Waals surface area contributed by atoms with Crippen LogP contribution in [0.25, 0.3) is 0 Å². The highest BCUT2D eigenvalue weighted by molar-refractivity contribution is 7.80. The molecule has 1 N–H and O–H groups in total. The van der Waals surface area contributed by atoms with Gasteiger partial charge in [0, 0.05) is 11.3 Å². The Morgan fingerprint density at radius 3 is 2.50 bits per heavy atom. The van der Waals surface area contributed by atoms with Crippen LogP contribution in [0.5, 0.6) is 5.75 Å². The maximum Gasteiger partial charge on any atom is 0.335 e. The van der Waals surface area contributed by atoms with Crippen LogP contribution in [-0.4, -0.2) is 44.6 Å². The second-order valence-corrected chi connectivity index (χ2v) is 7.96. The highest BCUT2D eigenvalue weighted by Crippen LogP contribution is 2.34. The van der Waals surface area contributed by atoms with Gasteiger partial charge in [-0.05, 0) is 57.7 Å². The van der Waals surface area contributed by atoms with Gasteiger partial charge in [-0.2, -0.15) is 0 Å². The highest BCUT2D eigenvalue weighted by Gasteiger charge is 2.25. The van der Waals surface area contributed by atoms with Gasteiger partial charge in [0.05, 0.1) is 17.9 Å². The van der Waals surface area contributed by atoms with E-state index in [1.165, 1.54) is 18.2 Å². The van der Waals surface area contributed by atoms with Gasteiger partial charge in [0.2, 0.25) is 0 Å². The maximum absolute atomic E-state index is 12.1. The largest absolute Gasteiger partial charge is 0.755 e. The van der Waals surface area contributed by atoms with E-state index in [0.29, 0.717) is 12.5 Å². The zero-order chi connectivity index (χ0) is 19.5. The van der Waals surface area contributed by atoms with E-state index in [9.17, 15) is 23.5 Å². The van der Waals surface area contributed by atoms with Crippen LogP contribution in [-0.2, 0) is 20.8 Å². The van der Waals surface area contributed by atoms with Crippen molar-refractivity contribution in [3.05, 3.63) is 23.8 Å². The Hall–Kier alpha value is -2.13. The zero-order valence-electron chi connectivity index (χ0n) is 14.9. The quantitative estimate of drug-likeness (QED) is 0.539. The van der Waals surface area contributed by atoms with Crippen LogP contribution in [0.4, 0.5) is 5.69 Å². The topological polar surface area (TPSA) is 116 Å². The highest BCUT2D eigenvalue weighted by atomic mass is 32.2. The predicted molar refractivity (Wildman–Crippen MR) is 93.7 cm³/mol. The summed E-state index contributed by atoms with van der Waals surface area (Å²) in [4.78, 5) is 23.3. The molecule has 1 atom stereocenters. The van der Waals surface area contributed by atoms with Crippen LogP contribution in [0.2, 0.25) is 0 Å². The molecule has 0 bridgehead atoms. The molecule has 1 fully saturated rings. The summed E-state index contributed by atoms with van der Waals surface area (Å²) >= 11 is -2.82. The molecule has 1 aliphatic carbocycles. The van der Waals surface area contributed by atoms with E-state index >= 15 is 0 Å². The van der Waals surface area contributed by atoms with E-state index in [1.54, 1.807) is 20.8 Å². The number of carbonyl (C=O) groups excluding carboxylic acids is 1. The summed E-state index contributed by atoms with van der Waals surface area (Å²) in [5, 5.41) is 9.18. The molecule has 1 aromatic carbocycles. The number of carboxylic acid groups (broad SMARTS) is 1. The lowest BCUT2D eigenvalue weighted by Crippen LogP contribution is -2.36. The third-order valence-corrected chi connectivity index (χ3v) is 4.20. The molecule has 0 radical (unpaired) electrons. The van der Waals surface area contributed by atoms with Crippen molar-refractivity contribution in [1.82, 2.24) is 0 Å². The van der Waals surface area contributed by atoms with Gasteiger partial charge in [-0.15, -0.1) is 0 Å². The Bertz CT molecular complexity index is 710. The van der Waals surface area contributed by atoms with Crippen LogP contribution in [0.1, 0.15) is 44.0 Å². The minimum absolute atomic E-state index is 0.00950. The fourth-order valence-electron chi connectivity index (χ4n) is 2.17. The number of hydrogen-bond donors (Lipinski definition) is 1. The first kappa shape index (κ1) is 20.2. The van der Waals surface area contributed by atoms with Crippen LogP contribution in [0.3, 0.4) is 0 Å². The minimum atomic E-state index is -2.82. The third kappa shape index (κ3) is 5.99. The molecule has 0 saturated heterocycles. The van der Waals surface area contributed by atoms with E-state index in [4.69, 9.17) is 9.47 Å². The SMILES string of the molecule is CC(C)(C)OC(=O)CN(c1cc(C(=O)O)ccc1OCC1CC1)S(=O)[O-]. The average molecular weight is 384 g/mol. The number of anilines is 1. The van der Waals surface area contributed by atoms with E-state index in [1.807, 2.05) is 0 Å². The summed E-state index contributed by atoms with van der Waals surface area (Å²) in [6.45, 7) is 4.82. The van der Waals surface area contributed by atoms with Gasteiger partial charge in [0.1, 0.15) is 17.9 Å². The molecule has 144 valence electrons. The van der Waals surface area contributed by atoms with Crippen molar-refractivity contribution in [1.29, 1.82) is 0 Å². The van der Waals surface area contributed by atoms with Crippen molar-refractivity contribution < 1.29 is 32.9 Å². The Morgan fingerprint density at radius 1 is 1.35 bits per heavy atom. The summed E-state index contributed by atoms with van der Waals surface area (Å²) in [6.07, 6.45) is 2.08. The first-order chi connectivity index (χ1) is 12.1. The number of carboxylic acids is 1. The number of ether oxygens (including phenoxy) is 2. The lowest BCUT2D eigenvalue weighted by atomic mass is 10.2. The zero-order valence-corrected chi connectivity index (χ0v) is 15.7. The summed E-state index contributed by atoms with van der Waals surface area (Å²) in [5.41, 5.74) is -0.899. The lowest BCUT2D eigenvalue weighted by Gasteiger charge is -2.29. The molecule has 1 aliphatic rings. The van der Waals surface area contributed by atoms with Gasteiger partial charge in [0.25, 0.3) is 0 Å². The monoisotopic (exact) mass is 384 g/mol. The number of esters is 1. The van der Waals surface area contributed by atoms with Crippen molar-refractivity contribution in [3.63, 3.8) is 0 Å². The number of carbonyl (C=O) groups is 2. The first-order valence-electron chi connectivity index (χ1n) is 8.15. The van der Waals surface area contributed by atoms with Gasteiger partial charge in [0.15, 0.2) is 0 Å². The van der Waals surface area contributed by atoms with Gasteiger partial charge in [-0.25, -0.2) is 4.79 Å². The number of hydrogen-bond acceptors (Lipinski definition) is 6. The number of rotatable bonds is 8. The fraction of sp³-hybridized carbons (Fsp3) is 0.529. The molecular formula is C17H22NO7S-. The summed E-state index contributed by atoms with van der Waals surface area (Å²) < 4.78 is 34.9.